The fourth-order valence-corrected chi connectivity index (χ4v) is 2.97. The van der Waals surface area contributed by atoms with Gasteiger partial charge in [-0.2, -0.15) is 5.10 Å². The Kier molecular flexibility index (Phi) is 4.15. The van der Waals surface area contributed by atoms with E-state index in [1.807, 2.05) is 10.9 Å². The van der Waals surface area contributed by atoms with Crippen LogP contribution in [0.15, 0.2) is 29.6 Å². The molecule has 1 atom stereocenters. The lowest BCUT2D eigenvalue weighted by Crippen LogP contribution is -2.34. The predicted molar refractivity (Wildman–Crippen MR) is 80.0 cm³/mol. The molecule has 0 bridgehead atoms. The second-order valence-corrected chi connectivity index (χ2v) is 5.61. The molecular formula is C15H21N5O. The molecule has 0 saturated carbocycles. The highest BCUT2D eigenvalue weighted by Gasteiger charge is 2.22. The lowest BCUT2D eigenvalue weighted by atomic mass is 9.94. The Bertz CT molecular complexity index is 647. The van der Waals surface area contributed by atoms with Crippen molar-refractivity contribution in [3.63, 3.8) is 0 Å². The fraction of sp³-hybridized carbons (Fsp3) is 0.533. The summed E-state index contributed by atoms with van der Waals surface area (Å²) < 4.78 is 1.95. The van der Waals surface area contributed by atoms with E-state index in [0.29, 0.717) is 5.92 Å². The fourth-order valence-electron chi connectivity index (χ4n) is 2.97. The summed E-state index contributed by atoms with van der Waals surface area (Å²) in [6.07, 6.45) is 7.79. The summed E-state index contributed by atoms with van der Waals surface area (Å²) in [5.41, 5.74) is 2.09. The molecule has 2 aromatic heterocycles. The van der Waals surface area contributed by atoms with E-state index in [4.69, 9.17) is 0 Å². The molecule has 0 aliphatic carbocycles. The maximum Gasteiger partial charge on any atom is 0.250 e. The Labute approximate surface area is 123 Å². The zero-order valence-corrected chi connectivity index (χ0v) is 12.3. The van der Waals surface area contributed by atoms with Crippen LogP contribution in [0.4, 0.5) is 0 Å². The first kappa shape index (κ1) is 14.0. The third-order valence-corrected chi connectivity index (χ3v) is 4.04. The highest BCUT2D eigenvalue weighted by molar-refractivity contribution is 5.09. The molecule has 21 heavy (non-hydrogen) atoms. The average molecular weight is 287 g/mol. The number of likely N-dealkylation sites (tertiary alicyclic amines) is 1. The molecule has 1 N–H and O–H groups in total. The normalized spacial score (nSPS) is 19.8. The van der Waals surface area contributed by atoms with Gasteiger partial charge in [0, 0.05) is 43.4 Å². The minimum Gasteiger partial charge on any atom is -0.313 e. The van der Waals surface area contributed by atoms with Crippen molar-refractivity contribution in [2.75, 3.05) is 13.1 Å². The second-order valence-electron chi connectivity index (χ2n) is 5.61. The number of nitrogens with zero attached hydrogens (tertiary/aromatic N) is 4. The van der Waals surface area contributed by atoms with Gasteiger partial charge in [-0.3, -0.25) is 14.4 Å². The summed E-state index contributed by atoms with van der Waals surface area (Å²) in [6.45, 7) is 5.95. The molecule has 0 amide bonds. The Morgan fingerprint density at radius 3 is 3.14 bits per heavy atom. The molecule has 0 aromatic carbocycles. The van der Waals surface area contributed by atoms with Crippen LogP contribution < -0.4 is 5.56 Å². The van der Waals surface area contributed by atoms with Gasteiger partial charge >= 0.3 is 0 Å². The highest BCUT2D eigenvalue weighted by Crippen LogP contribution is 2.25. The van der Waals surface area contributed by atoms with E-state index in [1.54, 1.807) is 6.07 Å². The molecule has 1 aliphatic heterocycles. The molecule has 3 heterocycles. The van der Waals surface area contributed by atoms with Gasteiger partial charge in [-0.05, 0) is 26.3 Å². The van der Waals surface area contributed by atoms with E-state index < -0.39 is 0 Å². The number of H-pyrrole nitrogens is 1. The first-order chi connectivity index (χ1) is 10.2. The van der Waals surface area contributed by atoms with E-state index in [1.165, 1.54) is 11.9 Å². The molecule has 0 spiro atoms. The van der Waals surface area contributed by atoms with E-state index in [0.717, 1.165) is 44.7 Å². The Morgan fingerprint density at radius 1 is 1.48 bits per heavy atom. The monoisotopic (exact) mass is 287 g/mol. The number of hydrogen-bond donors (Lipinski definition) is 1. The van der Waals surface area contributed by atoms with Crippen molar-refractivity contribution in [3.05, 3.63) is 46.4 Å². The zero-order valence-electron chi connectivity index (χ0n) is 12.3. The molecule has 112 valence electrons. The number of aryl methyl sites for hydroxylation is 1. The van der Waals surface area contributed by atoms with Crippen molar-refractivity contribution >= 4 is 0 Å². The first-order valence-electron chi connectivity index (χ1n) is 7.53. The minimum absolute atomic E-state index is 0.0682. The van der Waals surface area contributed by atoms with E-state index >= 15 is 0 Å². The lowest BCUT2D eigenvalue weighted by molar-refractivity contribution is 0.198. The van der Waals surface area contributed by atoms with Gasteiger partial charge in [-0.25, -0.2) is 4.98 Å². The number of hydrogen-bond acceptors (Lipinski definition) is 4. The number of aromatic amines is 1. The van der Waals surface area contributed by atoms with Gasteiger partial charge in [0.05, 0.1) is 18.2 Å². The summed E-state index contributed by atoms with van der Waals surface area (Å²) in [4.78, 5) is 20.7. The summed E-state index contributed by atoms with van der Waals surface area (Å²) >= 11 is 0. The zero-order chi connectivity index (χ0) is 14.7. The van der Waals surface area contributed by atoms with E-state index in [2.05, 4.69) is 33.1 Å². The van der Waals surface area contributed by atoms with Gasteiger partial charge in [0.15, 0.2) is 0 Å². The molecule has 6 heteroatoms. The number of nitrogens with one attached hydrogen (secondary N) is 1. The van der Waals surface area contributed by atoms with Gasteiger partial charge < -0.3 is 4.98 Å². The van der Waals surface area contributed by atoms with Crippen molar-refractivity contribution in [3.8, 4) is 0 Å². The maximum atomic E-state index is 11.4. The van der Waals surface area contributed by atoms with Gasteiger partial charge in [-0.15, -0.1) is 0 Å². The molecule has 1 fully saturated rings. The van der Waals surface area contributed by atoms with Crippen LogP contribution in [0.2, 0.25) is 0 Å². The molecule has 0 radical (unpaired) electrons. The van der Waals surface area contributed by atoms with Crippen molar-refractivity contribution in [1.29, 1.82) is 0 Å². The Balaban J connectivity index is 1.66. The van der Waals surface area contributed by atoms with Crippen LogP contribution in [0.3, 0.4) is 0 Å². The topological polar surface area (TPSA) is 66.8 Å². The molecule has 1 unspecified atom stereocenters. The second kappa shape index (κ2) is 6.22. The maximum absolute atomic E-state index is 11.4. The van der Waals surface area contributed by atoms with Gasteiger partial charge in [0.1, 0.15) is 0 Å². The third kappa shape index (κ3) is 3.39. The van der Waals surface area contributed by atoms with E-state index in [-0.39, 0.29) is 5.56 Å². The van der Waals surface area contributed by atoms with Crippen LogP contribution in [-0.4, -0.2) is 37.7 Å². The van der Waals surface area contributed by atoms with Gasteiger partial charge in [0.2, 0.25) is 0 Å². The standard InChI is InChI=1S/C15H21N5O/c1-2-20-9-12(7-18-20)8-19-5-3-4-13(10-19)14-6-15(21)17-11-16-14/h6-7,9,11,13H,2-5,8,10H2,1H3,(H,16,17,21). The predicted octanol–water partition coefficient (Wildman–Crippen LogP) is 1.37. The summed E-state index contributed by atoms with van der Waals surface area (Å²) in [7, 11) is 0. The number of piperidine rings is 1. The molecule has 3 rings (SSSR count). The van der Waals surface area contributed by atoms with Gasteiger partial charge in [0.25, 0.3) is 5.56 Å². The Morgan fingerprint density at radius 2 is 2.38 bits per heavy atom. The quantitative estimate of drug-likeness (QED) is 0.922. The van der Waals surface area contributed by atoms with Gasteiger partial charge in [-0.1, -0.05) is 0 Å². The minimum atomic E-state index is -0.0682. The molecule has 1 saturated heterocycles. The molecule has 2 aromatic rings. The van der Waals surface area contributed by atoms with Crippen molar-refractivity contribution in [2.45, 2.75) is 38.8 Å². The highest BCUT2D eigenvalue weighted by atomic mass is 16.1. The summed E-state index contributed by atoms with van der Waals surface area (Å²) in [5.74, 6) is 0.349. The van der Waals surface area contributed by atoms with Crippen LogP contribution in [0.5, 0.6) is 0 Å². The van der Waals surface area contributed by atoms with Crippen LogP contribution >= 0.6 is 0 Å². The third-order valence-electron chi connectivity index (χ3n) is 4.04. The molecular weight excluding hydrogens is 266 g/mol. The first-order valence-corrected chi connectivity index (χ1v) is 7.53. The summed E-state index contributed by atoms with van der Waals surface area (Å²) in [6, 6.07) is 1.63. The largest absolute Gasteiger partial charge is 0.313 e. The molecule has 1 aliphatic rings. The average Bonchev–Trinajstić information content (AvgIpc) is 2.95. The van der Waals surface area contributed by atoms with Crippen LogP contribution in [0, 0.1) is 0 Å². The number of rotatable bonds is 4. The molecule has 6 nitrogen and oxygen atoms in total. The SMILES string of the molecule is CCn1cc(CN2CCCC(c3cc(=O)[nH]cn3)C2)cn1. The lowest BCUT2D eigenvalue weighted by Gasteiger charge is -2.32. The number of aromatic nitrogens is 4. The summed E-state index contributed by atoms with van der Waals surface area (Å²) in [5, 5.41) is 4.32. The van der Waals surface area contributed by atoms with Crippen LogP contribution in [0.1, 0.15) is 36.9 Å². The van der Waals surface area contributed by atoms with Crippen LogP contribution in [0.25, 0.3) is 0 Å². The van der Waals surface area contributed by atoms with E-state index in [9.17, 15) is 4.79 Å². The smallest absolute Gasteiger partial charge is 0.250 e. The van der Waals surface area contributed by atoms with Crippen molar-refractivity contribution in [1.82, 2.24) is 24.6 Å². The van der Waals surface area contributed by atoms with Crippen LogP contribution in [-0.2, 0) is 13.1 Å². The van der Waals surface area contributed by atoms with Crippen molar-refractivity contribution in [2.24, 2.45) is 0 Å². The Hall–Kier alpha value is -1.95. The van der Waals surface area contributed by atoms with Crippen molar-refractivity contribution < 1.29 is 0 Å².